The van der Waals surface area contributed by atoms with Crippen LogP contribution in [0.25, 0.3) is 0 Å². The minimum absolute atomic E-state index is 0.713. The lowest BCUT2D eigenvalue weighted by molar-refractivity contribution is 0.231. The van der Waals surface area contributed by atoms with E-state index in [4.69, 9.17) is 0 Å². The van der Waals surface area contributed by atoms with E-state index >= 15 is 0 Å². The Labute approximate surface area is 119 Å². The van der Waals surface area contributed by atoms with Crippen molar-refractivity contribution in [1.82, 2.24) is 5.32 Å². The summed E-state index contributed by atoms with van der Waals surface area (Å²) >= 11 is 3.53. The maximum absolute atomic E-state index is 3.73. The van der Waals surface area contributed by atoms with Gasteiger partial charge in [-0.2, -0.15) is 0 Å². The molecule has 2 atom stereocenters. The largest absolute Gasteiger partial charge is 0.310 e. The molecule has 1 aromatic rings. The summed E-state index contributed by atoms with van der Waals surface area (Å²) in [6.45, 7) is 5.72. The van der Waals surface area contributed by atoms with Gasteiger partial charge in [0.1, 0.15) is 0 Å². The minimum Gasteiger partial charge on any atom is -0.310 e. The van der Waals surface area contributed by atoms with E-state index in [-0.39, 0.29) is 0 Å². The van der Waals surface area contributed by atoms with E-state index in [1.165, 1.54) is 35.7 Å². The summed E-state index contributed by atoms with van der Waals surface area (Å²) in [7, 11) is 0. The first kappa shape index (κ1) is 14.1. The standard InChI is InChI=1S/C16H24BrN/c1-12(2)14-6-4-8-16(10-14)18-11-13-5-3-7-15(17)9-13/h3,5,7,9,12,14,16,18H,4,6,8,10-11H2,1-2H3. The highest BCUT2D eigenvalue weighted by Gasteiger charge is 2.23. The van der Waals surface area contributed by atoms with Crippen LogP contribution in [0.3, 0.4) is 0 Å². The Bertz CT molecular complexity index is 375. The van der Waals surface area contributed by atoms with Crippen LogP contribution in [0, 0.1) is 11.8 Å². The van der Waals surface area contributed by atoms with Crippen LogP contribution in [-0.4, -0.2) is 6.04 Å². The molecule has 2 unspecified atom stereocenters. The van der Waals surface area contributed by atoms with Crippen molar-refractivity contribution in [2.24, 2.45) is 11.8 Å². The van der Waals surface area contributed by atoms with Crippen LogP contribution in [0.2, 0.25) is 0 Å². The maximum Gasteiger partial charge on any atom is 0.0208 e. The first-order valence-corrected chi connectivity index (χ1v) is 7.92. The zero-order valence-corrected chi connectivity index (χ0v) is 13.0. The van der Waals surface area contributed by atoms with Gasteiger partial charge in [-0.15, -0.1) is 0 Å². The molecule has 100 valence electrons. The van der Waals surface area contributed by atoms with Crippen molar-refractivity contribution in [2.45, 2.75) is 52.1 Å². The molecule has 0 bridgehead atoms. The molecule has 18 heavy (non-hydrogen) atoms. The van der Waals surface area contributed by atoms with E-state index in [1.54, 1.807) is 0 Å². The molecule has 1 N–H and O–H groups in total. The third kappa shape index (κ3) is 4.10. The highest BCUT2D eigenvalue weighted by Crippen LogP contribution is 2.30. The van der Waals surface area contributed by atoms with Crippen LogP contribution >= 0.6 is 15.9 Å². The molecule has 1 fully saturated rings. The minimum atomic E-state index is 0.713. The van der Waals surface area contributed by atoms with Crippen molar-refractivity contribution in [3.63, 3.8) is 0 Å². The quantitative estimate of drug-likeness (QED) is 0.846. The smallest absolute Gasteiger partial charge is 0.0208 e. The molecule has 2 rings (SSSR count). The second kappa shape index (κ2) is 6.72. The second-order valence-electron chi connectivity index (χ2n) is 5.88. The number of rotatable bonds is 4. The summed E-state index contributed by atoms with van der Waals surface area (Å²) in [6, 6.07) is 9.30. The molecular formula is C16H24BrN. The lowest BCUT2D eigenvalue weighted by Gasteiger charge is -2.32. The van der Waals surface area contributed by atoms with Gasteiger partial charge in [0.2, 0.25) is 0 Å². The number of benzene rings is 1. The lowest BCUT2D eigenvalue weighted by atomic mass is 9.79. The van der Waals surface area contributed by atoms with Crippen molar-refractivity contribution < 1.29 is 0 Å². The third-order valence-electron chi connectivity index (χ3n) is 4.14. The third-order valence-corrected chi connectivity index (χ3v) is 4.63. The van der Waals surface area contributed by atoms with Crippen molar-refractivity contribution in [1.29, 1.82) is 0 Å². The van der Waals surface area contributed by atoms with Gasteiger partial charge in [-0.1, -0.05) is 54.8 Å². The number of nitrogens with one attached hydrogen (secondary N) is 1. The summed E-state index contributed by atoms with van der Waals surface area (Å²) in [5, 5.41) is 3.73. The van der Waals surface area contributed by atoms with Gasteiger partial charge in [-0.05, 0) is 42.4 Å². The summed E-state index contributed by atoms with van der Waals surface area (Å²) in [5.74, 6) is 1.75. The Hall–Kier alpha value is -0.340. The molecular weight excluding hydrogens is 286 g/mol. The molecule has 0 amide bonds. The van der Waals surface area contributed by atoms with Gasteiger partial charge < -0.3 is 5.32 Å². The van der Waals surface area contributed by atoms with Crippen LogP contribution in [-0.2, 0) is 6.54 Å². The number of hydrogen-bond donors (Lipinski definition) is 1. The molecule has 2 heteroatoms. The van der Waals surface area contributed by atoms with Gasteiger partial charge in [-0.25, -0.2) is 0 Å². The average molecular weight is 310 g/mol. The zero-order chi connectivity index (χ0) is 13.0. The van der Waals surface area contributed by atoms with Crippen LogP contribution < -0.4 is 5.32 Å². The topological polar surface area (TPSA) is 12.0 Å². The highest BCUT2D eigenvalue weighted by atomic mass is 79.9. The first-order valence-electron chi connectivity index (χ1n) is 7.13. The van der Waals surface area contributed by atoms with E-state index in [0.29, 0.717) is 6.04 Å². The van der Waals surface area contributed by atoms with E-state index in [1.807, 2.05) is 0 Å². The van der Waals surface area contributed by atoms with E-state index in [0.717, 1.165) is 18.4 Å². The zero-order valence-electron chi connectivity index (χ0n) is 11.5. The normalized spacial score (nSPS) is 24.4. The molecule has 1 nitrogen and oxygen atoms in total. The molecule has 0 heterocycles. The predicted octanol–water partition coefficient (Wildman–Crippen LogP) is 4.75. The maximum atomic E-state index is 3.73. The SMILES string of the molecule is CC(C)C1CCCC(NCc2cccc(Br)c2)C1. The molecule has 1 aliphatic rings. The second-order valence-corrected chi connectivity index (χ2v) is 6.79. The fourth-order valence-corrected chi connectivity index (χ4v) is 3.37. The summed E-state index contributed by atoms with van der Waals surface area (Å²) < 4.78 is 1.17. The Kier molecular flexibility index (Phi) is 5.25. The molecule has 1 saturated carbocycles. The monoisotopic (exact) mass is 309 g/mol. The molecule has 0 saturated heterocycles. The Balaban J connectivity index is 1.83. The van der Waals surface area contributed by atoms with Gasteiger partial charge in [0, 0.05) is 17.1 Å². The summed E-state index contributed by atoms with van der Waals surface area (Å²) in [6.07, 6.45) is 5.51. The van der Waals surface area contributed by atoms with Gasteiger partial charge >= 0.3 is 0 Å². The fraction of sp³-hybridized carbons (Fsp3) is 0.625. The van der Waals surface area contributed by atoms with E-state index in [9.17, 15) is 0 Å². The van der Waals surface area contributed by atoms with Crippen LogP contribution in [0.15, 0.2) is 28.7 Å². The summed E-state index contributed by atoms with van der Waals surface area (Å²) in [4.78, 5) is 0. The van der Waals surface area contributed by atoms with Crippen molar-refractivity contribution in [3.05, 3.63) is 34.3 Å². The van der Waals surface area contributed by atoms with Crippen LogP contribution in [0.5, 0.6) is 0 Å². The van der Waals surface area contributed by atoms with E-state index in [2.05, 4.69) is 59.4 Å². The van der Waals surface area contributed by atoms with Crippen molar-refractivity contribution >= 4 is 15.9 Å². The van der Waals surface area contributed by atoms with Crippen LogP contribution in [0.1, 0.15) is 45.1 Å². The first-order chi connectivity index (χ1) is 8.65. The van der Waals surface area contributed by atoms with Gasteiger partial charge in [0.05, 0.1) is 0 Å². The Morgan fingerprint density at radius 2 is 2.17 bits per heavy atom. The average Bonchev–Trinajstić information content (AvgIpc) is 2.37. The van der Waals surface area contributed by atoms with Gasteiger partial charge in [-0.3, -0.25) is 0 Å². The molecule has 0 aliphatic heterocycles. The Morgan fingerprint density at radius 1 is 1.33 bits per heavy atom. The van der Waals surface area contributed by atoms with Crippen molar-refractivity contribution in [2.75, 3.05) is 0 Å². The van der Waals surface area contributed by atoms with E-state index < -0.39 is 0 Å². The van der Waals surface area contributed by atoms with Crippen molar-refractivity contribution in [3.8, 4) is 0 Å². The molecule has 0 spiro atoms. The van der Waals surface area contributed by atoms with Gasteiger partial charge in [0.25, 0.3) is 0 Å². The van der Waals surface area contributed by atoms with Crippen LogP contribution in [0.4, 0.5) is 0 Å². The number of hydrogen-bond acceptors (Lipinski definition) is 1. The summed E-state index contributed by atoms with van der Waals surface area (Å²) in [5.41, 5.74) is 1.37. The highest BCUT2D eigenvalue weighted by molar-refractivity contribution is 9.10. The molecule has 1 aliphatic carbocycles. The molecule has 0 radical (unpaired) electrons. The Morgan fingerprint density at radius 3 is 2.89 bits per heavy atom. The molecule has 1 aromatic carbocycles. The fourth-order valence-electron chi connectivity index (χ4n) is 2.93. The predicted molar refractivity (Wildman–Crippen MR) is 81.6 cm³/mol. The van der Waals surface area contributed by atoms with Gasteiger partial charge in [0.15, 0.2) is 0 Å². The lowest BCUT2D eigenvalue weighted by Crippen LogP contribution is -2.35. The number of halogens is 1. The molecule has 0 aromatic heterocycles.